The highest BCUT2D eigenvalue weighted by atomic mass is 16.5. The molecule has 0 aromatic heterocycles. The van der Waals surface area contributed by atoms with Crippen LogP contribution in [-0.4, -0.2) is 18.2 Å². The lowest BCUT2D eigenvalue weighted by Crippen LogP contribution is -2.07. The molecule has 4 heteroatoms. The Bertz CT molecular complexity index is 604. The average Bonchev–Trinajstić information content (AvgIpc) is 2.42. The minimum atomic E-state index is -0.291. The second-order valence-corrected chi connectivity index (χ2v) is 4.20. The maximum absolute atomic E-state index is 11.6. The lowest BCUT2D eigenvalue weighted by atomic mass is 10.1. The van der Waals surface area contributed by atoms with Crippen LogP contribution < -0.4 is 9.47 Å². The molecule has 0 aliphatic carbocycles. The molecule has 0 fully saturated rings. The van der Waals surface area contributed by atoms with Gasteiger partial charge in [-0.1, -0.05) is 31.2 Å². The highest BCUT2D eigenvalue weighted by Gasteiger charge is 2.14. The van der Waals surface area contributed by atoms with E-state index in [4.69, 9.17) is 9.47 Å². The number of hydrogen-bond acceptors (Lipinski definition) is 4. The van der Waals surface area contributed by atoms with Gasteiger partial charge in [-0.2, -0.15) is 0 Å². The Morgan fingerprint density at radius 1 is 1.21 bits per heavy atom. The number of methoxy groups -OCH3 is 1. The van der Waals surface area contributed by atoms with Crippen molar-refractivity contribution in [2.24, 2.45) is 0 Å². The highest BCUT2D eigenvalue weighted by Crippen LogP contribution is 2.40. The molecule has 0 aliphatic heterocycles. The number of carbonyl (C=O) groups excluding carboxylic acids is 1. The van der Waals surface area contributed by atoms with E-state index in [9.17, 15) is 9.90 Å². The molecule has 0 saturated heterocycles. The van der Waals surface area contributed by atoms with Crippen molar-refractivity contribution in [3.05, 3.63) is 30.3 Å². The molecule has 2 aromatic carbocycles. The first kappa shape index (κ1) is 13.2. The van der Waals surface area contributed by atoms with Gasteiger partial charge in [0.1, 0.15) is 5.75 Å². The molecule has 0 spiro atoms. The van der Waals surface area contributed by atoms with Crippen molar-refractivity contribution in [3.63, 3.8) is 0 Å². The largest absolute Gasteiger partial charge is 0.504 e. The van der Waals surface area contributed by atoms with Crippen LogP contribution in [0.3, 0.4) is 0 Å². The number of esters is 1. The van der Waals surface area contributed by atoms with Crippen LogP contribution in [0.1, 0.15) is 19.8 Å². The molecule has 0 aliphatic rings. The summed E-state index contributed by atoms with van der Waals surface area (Å²) in [6, 6.07) is 8.71. The van der Waals surface area contributed by atoms with Gasteiger partial charge in [-0.25, -0.2) is 0 Å². The summed E-state index contributed by atoms with van der Waals surface area (Å²) in [6.07, 6.45) is 1.09. The second-order valence-electron chi connectivity index (χ2n) is 4.20. The molecule has 0 atom stereocenters. The van der Waals surface area contributed by atoms with Gasteiger partial charge in [0.05, 0.1) is 7.11 Å². The molecule has 1 N–H and O–H groups in total. The highest BCUT2D eigenvalue weighted by molar-refractivity contribution is 5.96. The number of phenols is 1. The number of rotatable bonds is 4. The van der Waals surface area contributed by atoms with Gasteiger partial charge < -0.3 is 14.6 Å². The van der Waals surface area contributed by atoms with Gasteiger partial charge in [0.15, 0.2) is 11.5 Å². The fraction of sp³-hybridized carbons (Fsp3) is 0.267. The first-order valence-electron chi connectivity index (χ1n) is 6.16. The predicted octanol–water partition coefficient (Wildman–Crippen LogP) is 3.26. The minimum absolute atomic E-state index is 0.0494. The number of phenolic OH excluding ortho intramolecular Hbond substituents is 1. The van der Waals surface area contributed by atoms with Crippen molar-refractivity contribution in [1.29, 1.82) is 0 Å². The van der Waals surface area contributed by atoms with Crippen LogP contribution in [-0.2, 0) is 4.79 Å². The summed E-state index contributed by atoms with van der Waals surface area (Å²) in [5, 5.41) is 11.3. The van der Waals surface area contributed by atoms with Crippen molar-refractivity contribution in [1.82, 2.24) is 0 Å². The molecule has 0 heterocycles. The number of benzene rings is 2. The van der Waals surface area contributed by atoms with E-state index in [1.54, 1.807) is 18.2 Å². The van der Waals surface area contributed by atoms with E-state index in [1.807, 2.05) is 13.0 Å². The summed E-state index contributed by atoms with van der Waals surface area (Å²) in [5.41, 5.74) is 0. The van der Waals surface area contributed by atoms with Gasteiger partial charge in [0.25, 0.3) is 0 Å². The Labute approximate surface area is 111 Å². The van der Waals surface area contributed by atoms with Gasteiger partial charge in [-0.3, -0.25) is 4.79 Å². The quantitative estimate of drug-likeness (QED) is 0.677. The average molecular weight is 260 g/mol. The smallest absolute Gasteiger partial charge is 0.311 e. The Hall–Kier alpha value is -2.23. The van der Waals surface area contributed by atoms with Gasteiger partial charge in [0.2, 0.25) is 0 Å². The van der Waals surface area contributed by atoms with E-state index in [-0.39, 0.29) is 17.5 Å². The molecule has 19 heavy (non-hydrogen) atoms. The monoisotopic (exact) mass is 260 g/mol. The Balaban J connectivity index is 2.53. The van der Waals surface area contributed by atoms with Crippen molar-refractivity contribution in [3.8, 4) is 17.2 Å². The zero-order chi connectivity index (χ0) is 13.8. The first-order chi connectivity index (χ1) is 9.17. The number of aromatic hydroxyl groups is 1. The van der Waals surface area contributed by atoms with Crippen LogP contribution >= 0.6 is 0 Å². The molecule has 100 valence electrons. The van der Waals surface area contributed by atoms with Crippen LogP contribution in [0.15, 0.2) is 30.3 Å². The number of carbonyl (C=O) groups is 1. The summed E-state index contributed by atoms with van der Waals surface area (Å²) in [6.45, 7) is 1.91. The second kappa shape index (κ2) is 5.61. The predicted molar refractivity (Wildman–Crippen MR) is 72.7 cm³/mol. The van der Waals surface area contributed by atoms with Crippen molar-refractivity contribution < 1.29 is 19.4 Å². The standard InChI is InChI=1S/C15H16O4/c1-3-6-14(16)19-12-9-13(18-2)15(17)11-8-5-4-7-10(11)12/h4-5,7-9,17H,3,6H2,1-2H3. The van der Waals surface area contributed by atoms with E-state index in [1.165, 1.54) is 13.2 Å². The lowest BCUT2D eigenvalue weighted by molar-refractivity contribution is -0.134. The third-order valence-electron chi connectivity index (χ3n) is 2.84. The SMILES string of the molecule is CCCC(=O)Oc1cc(OC)c(O)c2ccccc12. The maximum Gasteiger partial charge on any atom is 0.311 e. The third-order valence-corrected chi connectivity index (χ3v) is 2.84. The van der Waals surface area contributed by atoms with Crippen LogP contribution in [0.25, 0.3) is 10.8 Å². The molecule has 0 radical (unpaired) electrons. The van der Waals surface area contributed by atoms with Gasteiger partial charge >= 0.3 is 5.97 Å². The summed E-state index contributed by atoms with van der Waals surface area (Å²) in [4.78, 5) is 11.6. The molecular formula is C15H16O4. The summed E-state index contributed by atoms with van der Waals surface area (Å²) in [5.74, 6) is 0.454. The van der Waals surface area contributed by atoms with Crippen molar-refractivity contribution in [2.75, 3.05) is 7.11 Å². The topological polar surface area (TPSA) is 55.8 Å². The molecule has 0 saturated carbocycles. The van der Waals surface area contributed by atoms with E-state index < -0.39 is 0 Å². The van der Waals surface area contributed by atoms with Gasteiger partial charge in [-0.05, 0) is 6.42 Å². The van der Waals surface area contributed by atoms with Crippen LogP contribution in [0, 0.1) is 0 Å². The maximum atomic E-state index is 11.6. The minimum Gasteiger partial charge on any atom is -0.504 e. The van der Waals surface area contributed by atoms with Crippen LogP contribution in [0.5, 0.6) is 17.2 Å². The number of fused-ring (bicyclic) bond motifs is 1. The fourth-order valence-electron chi connectivity index (χ4n) is 1.92. The first-order valence-corrected chi connectivity index (χ1v) is 6.16. The van der Waals surface area contributed by atoms with Gasteiger partial charge in [0, 0.05) is 23.3 Å². The number of hydrogen-bond donors (Lipinski definition) is 1. The molecule has 2 aromatic rings. The van der Waals surface area contributed by atoms with E-state index in [2.05, 4.69) is 0 Å². The summed E-state index contributed by atoms with van der Waals surface area (Å²) in [7, 11) is 1.46. The normalized spacial score (nSPS) is 10.4. The van der Waals surface area contributed by atoms with Gasteiger partial charge in [-0.15, -0.1) is 0 Å². The van der Waals surface area contributed by atoms with Crippen molar-refractivity contribution in [2.45, 2.75) is 19.8 Å². The fourth-order valence-corrected chi connectivity index (χ4v) is 1.92. The van der Waals surface area contributed by atoms with Crippen LogP contribution in [0.2, 0.25) is 0 Å². The zero-order valence-electron chi connectivity index (χ0n) is 11.0. The van der Waals surface area contributed by atoms with E-state index in [0.717, 1.165) is 6.42 Å². The molecule has 0 unspecified atom stereocenters. The van der Waals surface area contributed by atoms with Crippen molar-refractivity contribution >= 4 is 16.7 Å². The Morgan fingerprint density at radius 3 is 2.53 bits per heavy atom. The molecular weight excluding hydrogens is 244 g/mol. The molecule has 0 bridgehead atoms. The summed E-state index contributed by atoms with van der Waals surface area (Å²) < 4.78 is 10.4. The Kier molecular flexibility index (Phi) is 3.90. The lowest BCUT2D eigenvalue weighted by Gasteiger charge is -2.12. The van der Waals surface area contributed by atoms with E-state index >= 15 is 0 Å². The summed E-state index contributed by atoms with van der Waals surface area (Å²) >= 11 is 0. The van der Waals surface area contributed by atoms with Crippen LogP contribution in [0.4, 0.5) is 0 Å². The zero-order valence-corrected chi connectivity index (χ0v) is 11.0. The third kappa shape index (κ3) is 2.62. The molecule has 2 rings (SSSR count). The Morgan fingerprint density at radius 2 is 1.89 bits per heavy atom. The molecule has 4 nitrogen and oxygen atoms in total. The molecule has 0 amide bonds. The van der Waals surface area contributed by atoms with E-state index in [0.29, 0.717) is 22.9 Å². The number of ether oxygens (including phenoxy) is 2.